The van der Waals surface area contributed by atoms with Crippen LogP contribution in [0.2, 0.25) is 0 Å². The second-order valence-electron chi connectivity index (χ2n) is 4.88. The molecule has 0 saturated heterocycles. The van der Waals surface area contributed by atoms with Crippen LogP contribution in [0, 0.1) is 0 Å². The maximum atomic E-state index is 3.54. The van der Waals surface area contributed by atoms with Crippen molar-refractivity contribution in [3.05, 3.63) is 0 Å². The molecule has 90 valence electrons. The van der Waals surface area contributed by atoms with Crippen LogP contribution in [0.1, 0.15) is 51.9 Å². The Balaban J connectivity index is 1.79. The van der Waals surface area contributed by atoms with Crippen LogP contribution in [0.3, 0.4) is 0 Å². The minimum atomic E-state index is 0.895. The highest BCUT2D eigenvalue weighted by Crippen LogP contribution is 2.22. The zero-order valence-corrected chi connectivity index (χ0v) is 10.6. The molecule has 0 unspecified atom stereocenters. The molecule has 0 bridgehead atoms. The van der Waals surface area contributed by atoms with Gasteiger partial charge in [0.1, 0.15) is 0 Å². The first-order valence-electron chi connectivity index (χ1n) is 6.75. The molecular formula is C13H28N2. The summed E-state index contributed by atoms with van der Waals surface area (Å²) in [7, 11) is 2.27. The number of unbranched alkanes of at least 4 members (excludes halogenated alkanes) is 3. The van der Waals surface area contributed by atoms with Crippen molar-refractivity contribution in [1.29, 1.82) is 0 Å². The van der Waals surface area contributed by atoms with Gasteiger partial charge in [-0.15, -0.1) is 0 Å². The Morgan fingerprint density at radius 3 is 2.53 bits per heavy atom. The van der Waals surface area contributed by atoms with E-state index in [2.05, 4.69) is 24.2 Å². The van der Waals surface area contributed by atoms with Gasteiger partial charge in [-0.05, 0) is 32.9 Å². The lowest BCUT2D eigenvalue weighted by atomic mass is 9.92. The molecule has 0 atom stereocenters. The number of likely N-dealkylation sites (N-methyl/N-ethyl adjacent to an activating group) is 1. The van der Waals surface area contributed by atoms with Crippen molar-refractivity contribution < 1.29 is 0 Å². The number of rotatable bonds is 9. The van der Waals surface area contributed by atoms with Crippen molar-refractivity contribution in [2.24, 2.45) is 0 Å². The van der Waals surface area contributed by atoms with E-state index in [1.165, 1.54) is 64.6 Å². The normalized spacial score (nSPS) is 17.0. The third kappa shape index (κ3) is 5.53. The van der Waals surface area contributed by atoms with Crippen LogP contribution in [0.15, 0.2) is 0 Å². The number of hydrogen-bond acceptors (Lipinski definition) is 2. The quantitative estimate of drug-likeness (QED) is 0.591. The van der Waals surface area contributed by atoms with E-state index in [1.54, 1.807) is 0 Å². The monoisotopic (exact) mass is 212 g/mol. The van der Waals surface area contributed by atoms with E-state index in [0.717, 1.165) is 6.04 Å². The summed E-state index contributed by atoms with van der Waals surface area (Å²) in [6.45, 7) is 5.86. The third-order valence-electron chi connectivity index (χ3n) is 3.55. The van der Waals surface area contributed by atoms with Gasteiger partial charge in [-0.1, -0.05) is 32.6 Å². The van der Waals surface area contributed by atoms with Gasteiger partial charge in [-0.3, -0.25) is 0 Å². The van der Waals surface area contributed by atoms with E-state index in [-0.39, 0.29) is 0 Å². The van der Waals surface area contributed by atoms with Crippen molar-refractivity contribution in [2.45, 2.75) is 57.9 Å². The van der Waals surface area contributed by atoms with Gasteiger partial charge in [0, 0.05) is 19.1 Å². The summed E-state index contributed by atoms with van der Waals surface area (Å²) >= 11 is 0. The summed E-state index contributed by atoms with van der Waals surface area (Å²) in [5.41, 5.74) is 0. The highest BCUT2D eigenvalue weighted by molar-refractivity contribution is 4.77. The van der Waals surface area contributed by atoms with E-state index < -0.39 is 0 Å². The number of nitrogens with zero attached hydrogens (tertiary/aromatic N) is 1. The first-order valence-corrected chi connectivity index (χ1v) is 6.75. The first kappa shape index (κ1) is 13.0. The fraction of sp³-hybridized carbons (Fsp3) is 1.00. The van der Waals surface area contributed by atoms with Gasteiger partial charge in [0.15, 0.2) is 0 Å². The molecule has 1 N–H and O–H groups in total. The minimum Gasteiger partial charge on any atom is -0.315 e. The van der Waals surface area contributed by atoms with E-state index in [4.69, 9.17) is 0 Å². The zero-order chi connectivity index (χ0) is 10.9. The third-order valence-corrected chi connectivity index (χ3v) is 3.55. The molecule has 1 saturated carbocycles. The highest BCUT2D eigenvalue weighted by Gasteiger charge is 2.20. The van der Waals surface area contributed by atoms with Crippen LogP contribution in [0.5, 0.6) is 0 Å². The van der Waals surface area contributed by atoms with Gasteiger partial charge in [-0.2, -0.15) is 0 Å². The van der Waals surface area contributed by atoms with Crippen LogP contribution < -0.4 is 5.32 Å². The maximum Gasteiger partial charge on any atom is 0.0107 e. The van der Waals surface area contributed by atoms with Crippen LogP contribution in [0.25, 0.3) is 0 Å². The molecule has 1 aliphatic carbocycles. The SMILES string of the molecule is CCCCCCNCCN(C)C1CCC1. The topological polar surface area (TPSA) is 15.3 Å². The van der Waals surface area contributed by atoms with Crippen molar-refractivity contribution in [2.75, 3.05) is 26.7 Å². The second-order valence-corrected chi connectivity index (χ2v) is 4.88. The number of nitrogens with one attached hydrogen (secondary N) is 1. The Morgan fingerprint density at radius 1 is 1.13 bits per heavy atom. The molecule has 15 heavy (non-hydrogen) atoms. The van der Waals surface area contributed by atoms with Crippen molar-refractivity contribution in [3.63, 3.8) is 0 Å². The van der Waals surface area contributed by atoms with Crippen LogP contribution in [-0.2, 0) is 0 Å². The predicted octanol–water partition coefficient (Wildman–Crippen LogP) is 2.64. The lowest BCUT2D eigenvalue weighted by Crippen LogP contribution is -2.40. The fourth-order valence-corrected chi connectivity index (χ4v) is 2.07. The van der Waals surface area contributed by atoms with Crippen molar-refractivity contribution in [3.8, 4) is 0 Å². The Morgan fingerprint density at radius 2 is 1.93 bits per heavy atom. The minimum absolute atomic E-state index is 0.895. The Hall–Kier alpha value is -0.0800. The van der Waals surface area contributed by atoms with Crippen LogP contribution in [0.4, 0.5) is 0 Å². The largest absolute Gasteiger partial charge is 0.315 e. The lowest BCUT2D eigenvalue weighted by Gasteiger charge is -2.34. The summed E-state index contributed by atoms with van der Waals surface area (Å²) in [4.78, 5) is 2.52. The Bertz CT molecular complexity index is 143. The molecule has 0 aromatic heterocycles. The van der Waals surface area contributed by atoms with Gasteiger partial charge in [-0.25, -0.2) is 0 Å². The van der Waals surface area contributed by atoms with E-state index in [9.17, 15) is 0 Å². The number of hydrogen-bond donors (Lipinski definition) is 1. The van der Waals surface area contributed by atoms with Crippen LogP contribution >= 0.6 is 0 Å². The summed E-state index contributed by atoms with van der Waals surface area (Å²) in [5, 5.41) is 3.54. The standard InChI is InChI=1S/C13H28N2/c1-3-4-5-6-10-14-11-12-15(2)13-8-7-9-13/h13-14H,3-12H2,1-2H3. The summed E-state index contributed by atoms with van der Waals surface area (Å²) < 4.78 is 0. The second kappa shape index (κ2) is 8.12. The average molecular weight is 212 g/mol. The molecule has 2 nitrogen and oxygen atoms in total. The first-order chi connectivity index (χ1) is 7.34. The van der Waals surface area contributed by atoms with Gasteiger partial charge in [0.2, 0.25) is 0 Å². The molecule has 0 spiro atoms. The van der Waals surface area contributed by atoms with E-state index in [1.807, 2.05) is 0 Å². The van der Waals surface area contributed by atoms with Gasteiger partial charge in [0.25, 0.3) is 0 Å². The van der Waals surface area contributed by atoms with E-state index >= 15 is 0 Å². The molecular weight excluding hydrogens is 184 g/mol. The zero-order valence-electron chi connectivity index (χ0n) is 10.6. The summed E-state index contributed by atoms with van der Waals surface area (Å²) in [6, 6.07) is 0.895. The van der Waals surface area contributed by atoms with Crippen molar-refractivity contribution in [1.82, 2.24) is 10.2 Å². The average Bonchev–Trinajstić information content (AvgIpc) is 2.14. The molecule has 1 fully saturated rings. The molecule has 0 aromatic carbocycles. The fourth-order valence-electron chi connectivity index (χ4n) is 2.07. The van der Waals surface area contributed by atoms with Gasteiger partial charge >= 0.3 is 0 Å². The van der Waals surface area contributed by atoms with Crippen LogP contribution in [-0.4, -0.2) is 37.6 Å². The Kier molecular flexibility index (Phi) is 7.03. The van der Waals surface area contributed by atoms with Crippen molar-refractivity contribution >= 4 is 0 Å². The molecule has 1 rings (SSSR count). The highest BCUT2D eigenvalue weighted by atomic mass is 15.1. The predicted molar refractivity (Wildman–Crippen MR) is 67.3 cm³/mol. The molecule has 1 aliphatic rings. The van der Waals surface area contributed by atoms with E-state index in [0.29, 0.717) is 0 Å². The maximum absolute atomic E-state index is 3.54. The molecule has 0 aromatic rings. The summed E-state index contributed by atoms with van der Waals surface area (Å²) in [5.74, 6) is 0. The Labute approximate surface area is 95.4 Å². The van der Waals surface area contributed by atoms with Gasteiger partial charge in [0.05, 0.1) is 0 Å². The molecule has 0 radical (unpaired) electrons. The molecule has 0 aliphatic heterocycles. The molecule has 0 heterocycles. The van der Waals surface area contributed by atoms with Gasteiger partial charge < -0.3 is 10.2 Å². The summed E-state index contributed by atoms with van der Waals surface area (Å²) in [6.07, 6.45) is 9.76. The molecule has 0 amide bonds. The lowest BCUT2D eigenvalue weighted by molar-refractivity contribution is 0.160. The smallest absolute Gasteiger partial charge is 0.0107 e. The molecule has 2 heteroatoms.